The molecule has 1 saturated carbocycles. The molecule has 1 aromatic heterocycles. The maximum absolute atomic E-state index is 12.1. The van der Waals surface area contributed by atoms with Crippen molar-refractivity contribution in [3.8, 4) is 10.6 Å². The fraction of sp³-hybridized carbons (Fsp3) is 0.353. The molecule has 1 atom stereocenters. The van der Waals surface area contributed by atoms with E-state index in [1.165, 1.54) is 11.3 Å². The van der Waals surface area contributed by atoms with E-state index in [1.54, 1.807) is 11.4 Å². The zero-order valence-electron chi connectivity index (χ0n) is 12.9. The molecule has 1 aromatic carbocycles. The van der Waals surface area contributed by atoms with E-state index in [9.17, 15) is 14.7 Å². The monoisotopic (exact) mass is 364 g/mol. The fourth-order valence-corrected chi connectivity index (χ4v) is 3.60. The molecular weight excluding hydrogens is 348 g/mol. The van der Waals surface area contributed by atoms with Crippen LogP contribution in [0.3, 0.4) is 0 Å². The van der Waals surface area contributed by atoms with E-state index in [-0.39, 0.29) is 12.3 Å². The van der Waals surface area contributed by atoms with Gasteiger partial charge in [-0.05, 0) is 18.4 Å². The van der Waals surface area contributed by atoms with Crippen LogP contribution in [0.5, 0.6) is 0 Å². The fourth-order valence-electron chi connectivity index (χ4n) is 2.46. The van der Waals surface area contributed by atoms with Crippen molar-refractivity contribution in [3.63, 3.8) is 0 Å². The highest BCUT2D eigenvalue weighted by Gasteiger charge is 2.30. The SMILES string of the molecule is O=C(Cc1csc(-c2ccccc2Cl)n1)NC(CC1CC1)C(=O)O. The molecule has 126 valence electrons. The van der Waals surface area contributed by atoms with Gasteiger partial charge in [0.25, 0.3) is 0 Å². The second-order valence-electron chi connectivity index (χ2n) is 5.94. The van der Waals surface area contributed by atoms with Crippen LogP contribution in [0.15, 0.2) is 29.6 Å². The summed E-state index contributed by atoms with van der Waals surface area (Å²) in [5.41, 5.74) is 1.44. The van der Waals surface area contributed by atoms with Crippen molar-refractivity contribution < 1.29 is 14.7 Å². The molecule has 1 aliphatic carbocycles. The summed E-state index contributed by atoms with van der Waals surface area (Å²) in [6.45, 7) is 0. The third-order valence-electron chi connectivity index (χ3n) is 3.90. The Kier molecular flexibility index (Phi) is 5.16. The van der Waals surface area contributed by atoms with Crippen molar-refractivity contribution in [2.24, 2.45) is 5.92 Å². The predicted molar refractivity (Wildman–Crippen MR) is 93.2 cm³/mol. The van der Waals surface area contributed by atoms with Gasteiger partial charge in [-0.15, -0.1) is 11.3 Å². The smallest absolute Gasteiger partial charge is 0.326 e. The number of hydrogen-bond donors (Lipinski definition) is 2. The van der Waals surface area contributed by atoms with E-state index >= 15 is 0 Å². The first-order valence-electron chi connectivity index (χ1n) is 7.74. The molecule has 0 saturated heterocycles. The Hall–Kier alpha value is -1.92. The highest BCUT2D eigenvalue weighted by molar-refractivity contribution is 7.13. The summed E-state index contributed by atoms with van der Waals surface area (Å²) in [5.74, 6) is -0.873. The normalized spacial score (nSPS) is 15.0. The molecule has 1 heterocycles. The van der Waals surface area contributed by atoms with Crippen molar-refractivity contribution in [2.45, 2.75) is 31.7 Å². The highest BCUT2D eigenvalue weighted by Crippen LogP contribution is 2.33. The van der Waals surface area contributed by atoms with Crippen LogP contribution in [0, 0.1) is 5.92 Å². The molecule has 0 aliphatic heterocycles. The molecule has 2 N–H and O–H groups in total. The van der Waals surface area contributed by atoms with Gasteiger partial charge in [-0.1, -0.05) is 42.6 Å². The Labute approximate surface area is 148 Å². The van der Waals surface area contributed by atoms with Crippen molar-refractivity contribution in [2.75, 3.05) is 0 Å². The summed E-state index contributed by atoms with van der Waals surface area (Å²) in [6, 6.07) is 6.58. The lowest BCUT2D eigenvalue weighted by Gasteiger charge is -2.13. The average molecular weight is 365 g/mol. The number of carboxylic acid groups (broad SMARTS) is 1. The topological polar surface area (TPSA) is 79.3 Å². The summed E-state index contributed by atoms with van der Waals surface area (Å²) < 4.78 is 0. The third-order valence-corrected chi connectivity index (χ3v) is 5.15. The molecule has 0 bridgehead atoms. The van der Waals surface area contributed by atoms with Gasteiger partial charge in [0.2, 0.25) is 5.91 Å². The molecular formula is C17H17ClN2O3S. The Morgan fingerprint density at radius 2 is 2.12 bits per heavy atom. The minimum absolute atomic E-state index is 0.0649. The number of carbonyl (C=O) groups is 2. The number of amides is 1. The second kappa shape index (κ2) is 7.32. The van der Waals surface area contributed by atoms with Crippen molar-refractivity contribution >= 4 is 34.8 Å². The van der Waals surface area contributed by atoms with Crippen LogP contribution in [0.25, 0.3) is 10.6 Å². The van der Waals surface area contributed by atoms with Gasteiger partial charge in [-0.25, -0.2) is 9.78 Å². The number of carboxylic acids is 1. The first kappa shape index (κ1) is 16.9. The lowest BCUT2D eigenvalue weighted by atomic mass is 10.1. The van der Waals surface area contributed by atoms with E-state index in [4.69, 9.17) is 11.6 Å². The van der Waals surface area contributed by atoms with E-state index in [1.807, 2.05) is 18.2 Å². The van der Waals surface area contributed by atoms with Crippen LogP contribution in [0.2, 0.25) is 5.02 Å². The number of nitrogens with zero attached hydrogens (tertiary/aromatic N) is 1. The molecule has 1 amide bonds. The number of aromatic nitrogens is 1. The van der Waals surface area contributed by atoms with Gasteiger partial charge < -0.3 is 10.4 Å². The Balaban J connectivity index is 1.62. The molecule has 24 heavy (non-hydrogen) atoms. The highest BCUT2D eigenvalue weighted by atomic mass is 35.5. The maximum Gasteiger partial charge on any atom is 0.326 e. The van der Waals surface area contributed by atoms with Gasteiger partial charge in [0.15, 0.2) is 0 Å². The third kappa shape index (κ3) is 4.33. The molecule has 3 rings (SSSR count). The Bertz CT molecular complexity index is 758. The van der Waals surface area contributed by atoms with Gasteiger partial charge in [-0.2, -0.15) is 0 Å². The number of thiazole rings is 1. The first-order chi connectivity index (χ1) is 11.5. The zero-order valence-corrected chi connectivity index (χ0v) is 14.4. The van der Waals surface area contributed by atoms with Crippen LogP contribution in [0.1, 0.15) is 25.0 Å². The molecule has 7 heteroatoms. The number of aliphatic carboxylic acids is 1. The van der Waals surface area contributed by atoms with Crippen molar-refractivity contribution in [3.05, 3.63) is 40.4 Å². The van der Waals surface area contributed by atoms with Crippen LogP contribution in [-0.4, -0.2) is 28.0 Å². The summed E-state index contributed by atoms with van der Waals surface area (Å²) in [5, 5.41) is 15.0. The number of halogens is 1. The van der Waals surface area contributed by atoms with E-state index < -0.39 is 12.0 Å². The Morgan fingerprint density at radius 3 is 2.79 bits per heavy atom. The van der Waals surface area contributed by atoms with Gasteiger partial charge in [0.1, 0.15) is 11.0 Å². The lowest BCUT2D eigenvalue weighted by Crippen LogP contribution is -2.41. The number of rotatable bonds is 7. The zero-order chi connectivity index (χ0) is 17.1. The number of hydrogen-bond acceptors (Lipinski definition) is 4. The van der Waals surface area contributed by atoms with Crippen molar-refractivity contribution in [1.82, 2.24) is 10.3 Å². The predicted octanol–water partition coefficient (Wildman–Crippen LogP) is 3.38. The first-order valence-corrected chi connectivity index (χ1v) is 9.00. The molecule has 0 spiro atoms. The van der Waals surface area contributed by atoms with Gasteiger partial charge in [0, 0.05) is 10.9 Å². The summed E-state index contributed by atoms with van der Waals surface area (Å²) >= 11 is 7.57. The van der Waals surface area contributed by atoms with Crippen LogP contribution >= 0.6 is 22.9 Å². The number of carbonyl (C=O) groups excluding carboxylic acids is 1. The molecule has 1 fully saturated rings. The molecule has 1 aliphatic rings. The quantitative estimate of drug-likeness (QED) is 0.789. The van der Waals surface area contributed by atoms with E-state index in [0.717, 1.165) is 23.4 Å². The van der Waals surface area contributed by atoms with E-state index in [0.29, 0.717) is 23.1 Å². The van der Waals surface area contributed by atoms with E-state index in [2.05, 4.69) is 10.3 Å². The number of benzene rings is 1. The average Bonchev–Trinajstić information content (AvgIpc) is 3.24. The summed E-state index contributed by atoms with van der Waals surface area (Å²) in [4.78, 5) is 27.8. The van der Waals surface area contributed by atoms with Crippen LogP contribution in [-0.2, 0) is 16.0 Å². The molecule has 5 nitrogen and oxygen atoms in total. The molecule has 0 radical (unpaired) electrons. The summed E-state index contributed by atoms with van der Waals surface area (Å²) in [6.07, 6.45) is 2.66. The minimum Gasteiger partial charge on any atom is -0.480 e. The van der Waals surface area contributed by atoms with Gasteiger partial charge in [-0.3, -0.25) is 4.79 Å². The lowest BCUT2D eigenvalue weighted by molar-refractivity contribution is -0.142. The van der Waals surface area contributed by atoms with Gasteiger partial charge >= 0.3 is 5.97 Å². The number of nitrogens with one attached hydrogen (secondary N) is 1. The molecule has 1 unspecified atom stereocenters. The minimum atomic E-state index is -0.981. The largest absolute Gasteiger partial charge is 0.480 e. The van der Waals surface area contributed by atoms with Crippen LogP contribution in [0.4, 0.5) is 0 Å². The molecule has 2 aromatic rings. The standard InChI is InChI=1S/C17H17ClN2O3S/c18-13-4-2-1-3-12(13)16-19-11(9-24-16)8-15(21)20-14(17(22)23)7-10-5-6-10/h1-4,9-10,14H,5-8H2,(H,20,21)(H,22,23). The van der Waals surface area contributed by atoms with Crippen molar-refractivity contribution in [1.29, 1.82) is 0 Å². The Morgan fingerprint density at radius 1 is 1.38 bits per heavy atom. The summed E-state index contributed by atoms with van der Waals surface area (Å²) in [7, 11) is 0. The second-order valence-corrected chi connectivity index (χ2v) is 7.20. The van der Waals surface area contributed by atoms with Crippen LogP contribution < -0.4 is 5.32 Å². The maximum atomic E-state index is 12.1. The van der Waals surface area contributed by atoms with Gasteiger partial charge in [0.05, 0.1) is 17.1 Å².